The zero-order chi connectivity index (χ0) is 18.2. The molecule has 0 saturated heterocycles. The topological polar surface area (TPSA) is 47.6 Å². The monoisotopic (exact) mass is 373 g/mol. The summed E-state index contributed by atoms with van der Waals surface area (Å²) in [6, 6.07) is 19.5. The highest BCUT2D eigenvalue weighted by atomic mass is 32.2. The quantitative estimate of drug-likeness (QED) is 0.378. The van der Waals surface area contributed by atoms with Gasteiger partial charge in [-0.05, 0) is 54.1 Å². The lowest BCUT2D eigenvalue weighted by atomic mass is 10.1. The number of benzene rings is 3. The van der Waals surface area contributed by atoms with E-state index in [9.17, 15) is 4.79 Å². The van der Waals surface area contributed by atoms with Crippen LogP contribution in [0, 0.1) is 0 Å². The molecule has 5 heteroatoms. The van der Waals surface area contributed by atoms with Crippen LogP contribution in [0.15, 0.2) is 76.5 Å². The molecule has 0 fully saturated rings. The SMILES string of the molecule is O=C(/C=C/c1ccc2c(c1)OCO2)c1ccc2c(c1)Nc1ccccc1S2. The number of ketones is 1. The zero-order valence-corrected chi connectivity index (χ0v) is 15.1. The summed E-state index contributed by atoms with van der Waals surface area (Å²) in [5, 5.41) is 3.41. The van der Waals surface area contributed by atoms with E-state index in [2.05, 4.69) is 11.4 Å². The Labute approximate surface area is 160 Å². The molecule has 2 aliphatic rings. The van der Waals surface area contributed by atoms with Gasteiger partial charge in [-0.1, -0.05) is 36.0 Å². The van der Waals surface area contributed by atoms with Crippen LogP contribution in [-0.2, 0) is 0 Å². The van der Waals surface area contributed by atoms with Crippen LogP contribution in [0.1, 0.15) is 15.9 Å². The fraction of sp³-hybridized carbons (Fsp3) is 0.0455. The summed E-state index contributed by atoms with van der Waals surface area (Å²) in [5.74, 6) is 1.40. The maximum atomic E-state index is 12.6. The number of fused-ring (bicyclic) bond motifs is 3. The number of hydrogen-bond acceptors (Lipinski definition) is 5. The van der Waals surface area contributed by atoms with Crippen LogP contribution in [0.5, 0.6) is 11.5 Å². The number of para-hydroxylation sites is 1. The van der Waals surface area contributed by atoms with E-state index in [4.69, 9.17) is 9.47 Å². The third kappa shape index (κ3) is 3.06. The molecule has 0 aromatic heterocycles. The van der Waals surface area contributed by atoms with E-state index >= 15 is 0 Å². The summed E-state index contributed by atoms with van der Waals surface area (Å²) in [6.45, 7) is 0.241. The molecule has 0 bridgehead atoms. The highest BCUT2D eigenvalue weighted by molar-refractivity contribution is 7.99. The van der Waals surface area contributed by atoms with Gasteiger partial charge >= 0.3 is 0 Å². The third-order valence-corrected chi connectivity index (χ3v) is 5.62. The van der Waals surface area contributed by atoms with Crippen molar-refractivity contribution in [2.45, 2.75) is 9.79 Å². The summed E-state index contributed by atoms with van der Waals surface area (Å²) in [5.41, 5.74) is 3.57. The molecule has 0 saturated carbocycles. The number of rotatable bonds is 3. The van der Waals surface area contributed by atoms with Crippen LogP contribution in [0.3, 0.4) is 0 Å². The first-order valence-corrected chi connectivity index (χ1v) is 9.38. The van der Waals surface area contributed by atoms with Crippen molar-refractivity contribution < 1.29 is 14.3 Å². The normalized spacial score (nSPS) is 13.8. The maximum absolute atomic E-state index is 12.6. The molecular formula is C22H15NO3S. The van der Waals surface area contributed by atoms with Crippen molar-refractivity contribution in [3.63, 3.8) is 0 Å². The number of carbonyl (C=O) groups excluding carboxylic acids is 1. The number of anilines is 2. The van der Waals surface area contributed by atoms with Gasteiger partial charge in [0.1, 0.15) is 0 Å². The van der Waals surface area contributed by atoms with Gasteiger partial charge in [0.2, 0.25) is 6.79 Å². The lowest BCUT2D eigenvalue weighted by molar-refractivity contribution is 0.104. The van der Waals surface area contributed by atoms with Gasteiger partial charge < -0.3 is 14.8 Å². The van der Waals surface area contributed by atoms with E-state index in [1.165, 1.54) is 4.90 Å². The van der Waals surface area contributed by atoms with Crippen LogP contribution in [0.25, 0.3) is 6.08 Å². The number of hydrogen-bond donors (Lipinski definition) is 1. The Morgan fingerprint density at radius 3 is 2.74 bits per heavy atom. The molecule has 3 aromatic rings. The molecule has 5 rings (SSSR count). The van der Waals surface area contributed by atoms with Gasteiger partial charge in [0, 0.05) is 15.4 Å². The fourth-order valence-electron chi connectivity index (χ4n) is 3.08. The maximum Gasteiger partial charge on any atom is 0.231 e. The van der Waals surface area contributed by atoms with Crippen LogP contribution < -0.4 is 14.8 Å². The Hall–Kier alpha value is -3.18. The van der Waals surface area contributed by atoms with Gasteiger partial charge in [-0.15, -0.1) is 0 Å². The van der Waals surface area contributed by atoms with Gasteiger partial charge in [-0.3, -0.25) is 4.79 Å². The van der Waals surface area contributed by atoms with Crippen molar-refractivity contribution in [2.24, 2.45) is 0 Å². The largest absolute Gasteiger partial charge is 0.454 e. The Morgan fingerprint density at radius 1 is 0.926 bits per heavy atom. The van der Waals surface area contributed by atoms with Crippen molar-refractivity contribution in [2.75, 3.05) is 12.1 Å². The first-order valence-electron chi connectivity index (χ1n) is 8.56. The summed E-state index contributed by atoms with van der Waals surface area (Å²) >= 11 is 1.71. The number of carbonyl (C=O) groups is 1. The van der Waals surface area contributed by atoms with Gasteiger partial charge in [0.05, 0.1) is 11.4 Å². The lowest BCUT2D eigenvalue weighted by Gasteiger charge is -2.20. The molecule has 0 spiro atoms. The minimum atomic E-state index is -0.0406. The van der Waals surface area contributed by atoms with E-state index in [0.29, 0.717) is 11.3 Å². The summed E-state index contributed by atoms with van der Waals surface area (Å²) in [7, 11) is 0. The molecule has 0 amide bonds. The predicted molar refractivity (Wildman–Crippen MR) is 106 cm³/mol. The second-order valence-electron chi connectivity index (χ2n) is 6.24. The minimum absolute atomic E-state index is 0.0406. The molecule has 1 N–H and O–H groups in total. The van der Waals surface area contributed by atoms with E-state index in [1.54, 1.807) is 23.9 Å². The lowest BCUT2D eigenvalue weighted by Crippen LogP contribution is -2.02. The number of ether oxygens (including phenoxy) is 2. The molecule has 27 heavy (non-hydrogen) atoms. The zero-order valence-electron chi connectivity index (χ0n) is 14.3. The molecular weight excluding hydrogens is 358 g/mol. The predicted octanol–water partition coefficient (Wildman–Crippen LogP) is 5.52. The van der Waals surface area contributed by atoms with E-state index in [0.717, 1.165) is 27.6 Å². The second-order valence-corrected chi connectivity index (χ2v) is 7.33. The third-order valence-electron chi connectivity index (χ3n) is 4.46. The van der Waals surface area contributed by atoms with Crippen molar-refractivity contribution in [3.05, 3.63) is 77.9 Å². The van der Waals surface area contributed by atoms with Crippen LogP contribution in [0.2, 0.25) is 0 Å². The van der Waals surface area contributed by atoms with Crippen molar-refractivity contribution in [1.82, 2.24) is 0 Å². The molecule has 3 aromatic carbocycles. The second kappa shape index (κ2) is 6.52. The molecule has 4 nitrogen and oxygen atoms in total. The molecule has 0 unspecified atom stereocenters. The first kappa shape index (κ1) is 16.0. The van der Waals surface area contributed by atoms with E-state index in [-0.39, 0.29) is 12.6 Å². The molecule has 2 heterocycles. The molecule has 0 radical (unpaired) electrons. The van der Waals surface area contributed by atoms with Crippen molar-refractivity contribution in [3.8, 4) is 11.5 Å². The van der Waals surface area contributed by atoms with Gasteiger partial charge in [0.15, 0.2) is 17.3 Å². The Bertz CT molecular complexity index is 1090. The Balaban J connectivity index is 1.37. The van der Waals surface area contributed by atoms with Crippen molar-refractivity contribution >= 4 is 35.0 Å². The molecule has 0 aliphatic carbocycles. The van der Waals surface area contributed by atoms with Crippen LogP contribution in [0.4, 0.5) is 11.4 Å². The molecule has 132 valence electrons. The molecule has 0 atom stereocenters. The number of allylic oxidation sites excluding steroid dienone is 1. The van der Waals surface area contributed by atoms with Gasteiger partial charge in [-0.2, -0.15) is 0 Å². The Kier molecular flexibility index (Phi) is 3.87. The van der Waals surface area contributed by atoms with Crippen LogP contribution >= 0.6 is 11.8 Å². The average molecular weight is 373 g/mol. The van der Waals surface area contributed by atoms with E-state index < -0.39 is 0 Å². The standard InChI is InChI=1S/C22H15NO3S/c24-18(8-5-14-6-9-19-20(11-14)26-13-25-19)15-7-10-22-17(12-15)23-16-3-1-2-4-21(16)27-22/h1-12,23H,13H2/b8-5+. The highest BCUT2D eigenvalue weighted by Gasteiger charge is 2.17. The van der Waals surface area contributed by atoms with Gasteiger partial charge in [-0.25, -0.2) is 0 Å². The van der Waals surface area contributed by atoms with Crippen LogP contribution in [-0.4, -0.2) is 12.6 Å². The highest BCUT2D eigenvalue weighted by Crippen LogP contribution is 2.44. The minimum Gasteiger partial charge on any atom is -0.454 e. The van der Waals surface area contributed by atoms with E-state index in [1.807, 2.05) is 54.6 Å². The molecule has 2 aliphatic heterocycles. The number of nitrogens with one attached hydrogen (secondary N) is 1. The first-order chi connectivity index (χ1) is 13.3. The smallest absolute Gasteiger partial charge is 0.231 e. The fourth-order valence-corrected chi connectivity index (χ4v) is 4.05. The van der Waals surface area contributed by atoms with Crippen molar-refractivity contribution in [1.29, 1.82) is 0 Å². The summed E-state index contributed by atoms with van der Waals surface area (Å²) in [4.78, 5) is 14.9. The summed E-state index contributed by atoms with van der Waals surface area (Å²) in [6.07, 6.45) is 3.38. The summed E-state index contributed by atoms with van der Waals surface area (Å²) < 4.78 is 10.7. The Morgan fingerprint density at radius 2 is 1.78 bits per heavy atom. The average Bonchev–Trinajstić information content (AvgIpc) is 3.18. The van der Waals surface area contributed by atoms with Gasteiger partial charge in [0.25, 0.3) is 0 Å².